The highest BCUT2D eigenvalue weighted by molar-refractivity contribution is 6.13. The standard InChI is InChI=1S/C85H107N7O22/c1-56(2)66(11-7-10-65(93)22-27-103-29-31-105-33-35-107-37-39-109-41-42-110-40-38-108-36-34-106-32-30-104-28-23-86-80(96)21-24-90-81(97)19-20-82(90)98)72(94)12-6-9-57(3)73(95)48-71-83(89-71)59-15-13-58(14-16-59)61-43-63-51-87-69-49-78(75(101-4)46-67(69)84(99)91(63)53-61)111-25-8-26-112-79-50-70-68(47-76(79)102-5)85(100)92-54-62(44-64(92)52-88-70)60-17-18-74-77(45-60)114-55-113-74/h13-20,45-47,49-54,56-57,63-64,66,71,83,89H,6-12,21-44,48,55H2,1-5H3,(H,86,96). The third-order valence-corrected chi connectivity index (χ3v) is 20.7. The van der Waals surface area contributed by atoms with E-state index in [2.05, 4.69) is 34.9 Å². The van der Waals surface area contributed by atoms with Crippen LogP contribution >= 0.6 is 0 Å². The maximum Gasteiger partial charge on any atom is 0.260 e. The van der Waals surface area contributed by atoms with Gasteiger partial charge in [-0.2, -0.15) is 0 Å². The van der Waals surface area contributed by atoms with E-state index in [-0.39, 0.29) is 110 Å². The van der Waals surface area contributed by atoms with Crippen LogP contribution in [-0.2, 0) is 66.7 Å². The lowest BCUT2D eigenvalue weighted by molar-refractivity contribution is -0.137. The van der Waals surface area contributed by atoms with E-state index in [0.717, 1.165) is 32.7 Å². The Hall–Kier alpha value is -9.56. The Balaban J connectivity index is 0.482. The van der Waals surface area contributed by atoms with Gasteiger partial charge in [-0.15, -0.1) is 0 Å². The summed E-state index contributed by atoms with van der Waals surface area (Å²) < 4.78 is 79.2. The van der Waals surface area contributed by atoms with Crippen LogP contribution in [0.4, 0.5) is 11.4 Å². The number of methoxy groups -OCH3 is 2. The zero-order valence-electron chi connectivity index (χ0n) is 65.9. The molecule has 4 aromatic carbocycles. The van der Waals surface area contributed by atoms with E-state index in [1.54, 1.807) is 46.5 Å². The highest BCUT2D eigenvalue weighted by Gasteiger charge is 2.41. The molecule has 5 amide bonds. The lowest BCUT2D eigenvalue weighted by atomic mass is 9.84. The molecule has 7 aliphatic heterocycles. The maximum atomic E-state index is 14.2. The van der Waals surface area contributed by atoms with E-state index < -0.39 is 11.8 Å². The Morgan fingerprint density at radius 3 is 1.56 bits per heavy atom. The van der Waals surface area contributed by atoms with E-state index in [9.17, 15) is 38.4 Å². The molecule has 2 N–H and O–H groups in total. The second-order valence-electron chi connectivity index (χ2n) is 29.0. The summed E-state index contributed by atoms with van der Waals surface area (Å²) in [5.41, 5.74) is 6.77. The summed E-state index contributed by atoms with van der Waals surface area (Å²) in [4.78, 5) is 117. The quantitative estimate of drug-likeness (QED) is 0.0236. The van der Waals surface area contributed by atoms with Crippen LogP contribution in [0, 0.1) is 17.8 Å². The predicted octanol–water partition coefficient (Wildman–Crippen LogP) is 9.54. The maximum absolute atomic E-state index is 14.2. The van der Waals surface area contributed by atoms with Gasteiger partial charge in [-0.3, -0.25) is 53.2 Å². The molecular weight excluding hydrogens is 1470 g/mol. The SMILES string of the molecule is COc1cc2c(cc1OCCCOc1cc3c(cc1OC)C(=O)N1C=C(c4ccc5c(c4)OCO5)CC1C=N3)N=CC1CC(c3ccc(C4NC4CC(=O)C(C)CCCC(=O)C(CCCC(=O)CCOCCOCCOCCOCCOCCOCCOCCOCCNC(=O)CCN4C(=O)C=CC4=O)C(C)C)cc3)=CN1C2=O. The van der Waals surface area contributed by atoms with Gasteiger partial charge >= 0.3 is 0 Å². The van der Waals surface area contributed by atoms with Crippen molar-refractivity contribution in [2.24, 2.45) is 27.7 Å². The molecule has 1 fully saturated rings. The fourth-order valence-electron chi connectivity index (χ4n) is 14.1. The Kier molecular flexibility index (Phi) is 32.8. The summed E-state index contributed by atoms with van der Waals surface area (Å²) in [5.74, 6) is 1.86. The first-order valence-corrected chi connectivity index (χ1v) is 39.6. The number of nitrogens with one attached hydrogen (secondary N) is 2. The molecule has 0 bridgehead atoms. The van der Waals surface area contributed by atoms with Crippen molar-refractivity contribution >= 4 is 81.8 Å². The molecule has 614 valence electrons. The molecule has 0 saturated carbocycles. The predicted molar refractivity (Wildman–Crippen MR) is 421 cm³/mol. The third kappa shape index (κ3) is 24.5. The molecular formula is C85H107N7O22. The Labute approximate surface area is 665 Å². The highest BCUT2D eigenvalue weighted by atomic mass is 16.7. The average Bonchev–Trinajstić information content (AvgIpc) is 1.62. The number of hydrogen-bond acceptors (Lipinski definition) is 25. The lowest BCUT2D eigenvalue weighted by Gasteiger charge is -2.20. The van der Waals surface area contributed by atoms with Crippen molar-refractivity contribution in [3.05, 3.63) is 119 Å². The monoisotopic (exact) mass is 1580 g/mol. The van der Waals surface area contributed by atoms with Crippen LogP contribution in [0.15, 0.2) is 101 Å². The van der Waals surface area contributed by atoms with E-state index >= 15 is 0 Å². The minimum absolute atomic E-state index is 0.0320. The van der Waals surface area contributed by atoms with Crippen molar-refractivity contribution in [2.75, 3.05) is 153 Å². The number of hydrogen-bond donors (Lipinski definition) is 2. The molecule has 7 heterocycles. The van der Waals surface area contributed by atoms with Crippen molar-refractivity contribution < 1.29 is 105 Å². The van der Waals surface area contributed by atoms with Crippen molar-refractivity contribution in [1.29, 1.82) is 0 Å². The van der Waals surface area contributed by atoms with Gasteiger partial charge in [0.15, 0.2) is 34.5 Å². The van der Waals surface area contributed by atoms with Crippen LogP contribution in [0.25, 0.3) is 11.1 Å². The number of carbonyl (C=O) groups excluding carboxylic acids is 8. The third-order valence-electron chi connectivity index (χ3n) is 20.7. The van der Waals surface area contributed by atoms with E-state index in [4.69, 9.17) is 76.3 Å². The molecule has 0 spiro atoms. The molecule has 6 atom stereocenters. The minimum Gasteiger partial charge on any atom is -0.493 e. The normalized spacial score (nSPS) is 18.1. The first-order valence-electron chi connectivity index (χ1n) is 39.6. The topological polar surface area (TPSA) is 334 Å². The molecule has 29 heteroatoms. The summed E-state index contributed by atoms with van der Waals surface area (Å²) in [7, 11) is 3.06. The van der Waals surface area contributed by atoms with Crippen LogP contribution in [0.5, 0.6) is 34.5 Å². The number of ether oxygens (including phenoxy) is 14. The number of fused-ring (bicyclic) bond motifs is 5. The molecule has 11 rings (SSSR count). The molecule has 0 aliphatic carbocycles. The lowest BCUT2D eigenvalue weighted by Crippen LogP contribution is -2.35. The van der Waals surface area contributed by atoms with Crippen LogP contribution in [0.2, 0.25) is 0 Å². The summed E-state index contributed by atoms with van der Waals surface area (Å²) in [6, 6.07) is 20.4. The number of ketones is 3. The van der Waals surface area contributed by atoms with Crippen LogP contribution in [0.3, 0.4) is 0 Å². The van der Waals surface area contributed by atoms with Gasteiger partial charge in [0.1, 0.15) is 17.3 Å². The number of carbonyl (C=O) groups is 8. The smallest absolute Gasteiger partial charge is 0.260 e. The number of nitrogens with zero attached hydrogens (tertiary/aromatic N) is 5. The number of rotatable bonds is 54. The van der Waals surface area contributed by atoms with Crippen molar-refractivity contribution in [2.45, 2.75) is 122 Å². The van der Waals surface area contributed by atoms with Gasteiger partial charge in [-0.05, 0) is 83.7 Å². The van der Waals surface area contributed by atoms with E-state index in [1.807, 2.05) is 51.4 Å². The molecule has 29 nitrogen and oxygen atoms in total. The van der Waals surface area contributed by atoms with E-state index in [0.29, 0.717) is 240 Å². The van der Waals surface area contributed by atoms with Gasteiger partial charge < -0.3 is 86.7 Å². The molecule has 4 aromatic rings. The fourth-order valence-corrected chi connectivity index (χ4v) is 14.1. The van der Waals surface area contributed by atoms with Crippen molar-refractivity contribution in [3.63, 3.8) is 0 Å². The summed E-state index contributed by atoms with van der Waals surface area (Å²) in [6.45, 7) is 13.4. The van der Waals surface area contributed by atoms with Gasteiger partial charge in [0.25, 0.3) is 23.6 Å². The van der Waals surface area contributed by atoms with Crippen LogP contribution < -0.4 is 39.1 Å². The largest absolute Gasteiger partial charge is 0.493 e. The summed E-state index contributed by atoms with van der Waals surface area (Å²) in [5, 5.41) is 6.18. The Morgan fingerprint density at radius 1 is 0.526 bits per heavy atom. The second-order valence-corrected chi connectivity index (χ2v) is 29.0. The molecule has 1 saturated heterocycles. The molecule has 7 aliphatic rings. The first-order chi connectivity index (χ1) is 55.5. The molecule has 0 aromatic heterocycles. The molecule has 6 unspecified atom stereocenters. The van der Waals surface area contributed by atoms with E-state index in [1.165, 1.54) is 26.4 Å². The average molecular weight is 1580 g/mol. The highest BCUT2D eigenvalue weighted by Crippen LogP contribution is 2.44. The van der Waals surface area contributed by atoms with Gasteiger partial charge in [-0.1, -0.05) is 51.1 Å². The molecule has 114 heavy (non-hydrogen) atoms. The van der Waals surface area contributed by atoms with Gasteiger partial charge in [0.2, 0.25) is 12.7 Å². The summed E-state index contributed by atoms with van der Waals surface area (Å²) >= 11 is 0. The number of amides is 5. The van der Waals surface area contributed by atoms with Crippen LogP contribution in [-0.4, -0.2) is 245 Å². The number of Topliss-reactive ketones (excluding diaryl/α,β-unsaturated/α-hetero) is 3. The fraction of sp³-hybridized carbons (Fsp3) is 0.529. The summed E-state index contributed by atoms with van der Waals surface area (Å²) in [6.07, 6.45) is 15.5. The first kappa shape index (κ1) is 85.3. The number of benzene rings is 4. The zero-order chi connectivity index (χ0) is 80.1. The molecule has 0 radical (unpaired) electrons. The second kappa shape index (κ2) is 43.8. The number of imide groups is 1. The Morgan fingerprint density at radius 2 is 1.03 bits per heavy atom. The van der Waals surface area contributed by atoms with Gasteiger partial charge in [0.05, 0.1) is 168 Å². The van der Waals surface area contributed by atoms with Gasteiger partial charge in [0, 0.05) is 137 Å². The number of aliphatic imine (C=N–C) groups is 2. The van der Waals surface area contributed by atoms with Crippen molar-refractivity contribution in [1.82, 2.24) is 25.3 Å². The van der Waals surface area contributed by atoms with Gasteiger partial charge in [-0.25, -0.2) is 0 Å². The zero-order valence-corrected chi connectivity index (χ0v) is 65.9. The van der Waals surface area contributed by atoms with Crippen LogP contribution in [0.1, 0.15) is 141 Å². The van der Waals surface area contributed by atoms with Crippen molar-refractivity contribution in [3.8, 4) is 34.5 Å². The Bertz CT molecular complexity index is 4120. The minimum atomic E-state index is -0.410.